The molecule has 3 aromatic rings. The van der Waals surface area contributed by atoms with E-state index in [9.17, 15) is 34.2 Å². The number of fused-ring (bicyclic) bond motifs is 5. The minimum atomic E-state index is -2.45. The second kappa shape index (κ2) is 16.3. The Hall–Kier alpha value is -6.03. The number of amides is 1. The van der Waals surface area contributed by atoms with Gasteiger partial charge in [0, 0.05) is 43.2 Å². The van der Waals surface area contributed by atoms with Gasteiger partial charge in [-0.1, -0.05) is 80.6 Å². The number of hydrogen-bond acceptors (Lipinski definition) is 14. The van der Waals surface area contributed by atoms with E-state index in [-0.39, 0.29) is 35.3 Å². The highest BCUT2D eigenvalue weighted by atomic mass is 16.6. The molecule has 2 saturated carbocycles. The van der Waals surface area contributed by atoms with Crippen LogP contribution in [0.4, 0.5) is 0 Å². The molecule has 62 heavy (non-hydrogen) atoms. The van der Waals surface area contributed by atoms with E-state index in [2.05, 4.69) is 5.32 Å². The summed E-state index contributed by atoms with van der Waals surface area (Å²) in [5.41, 5.74) is -7.70. The molecule has 1 heterocycles. The summed E-state index contributed by atoms with van der Waals surface area (Å²) in [4.78, 5) is 97.8. The number of rotatable bonds is 10. The molecule has 15 heteroatoms. The Morgan fingerprint density at radius 1 is 0.806 bits per heavy atom. The molecule has 4 aliphatic rings. The summed E-state index contributed by atoms with van der Waals surface area (Å²) in [6.45, 7) is 7.70. The fourth-order valence-corrected chi connectivity index (χ4v) is 10.1. The van der Waals surface area contributed by atoms with Gasteiger partial charge in [-0.05, 0) is 49.2 Å². The second-order valence-corrected chi connectivity index (χ2v) is 17.2. The summed E-state index contributed by atoms with van der Waals surface area (Å²) in [6, 6.07) is 22.8. The molecule has 15 nitrogen and oxygen atoms in total. The van der Waals surface area contributed by atoms with E-state index in [1.54, 1.807) is 78.9 Å². The topological polar surface area (TPSA) is 218 Å². The standard InChI is InChI=1S/C47H49NO14/c1-25-31(60-43(56)37(52)35(28-16-10-7-11-17-28)48-41(54)29-18-12-8-13-19-29)23-47(57)40(61-42(55)30-20-14-9-15-21-30)38-45(6,39(53)36(51)34(25)44(47,4)5)32(59-26(2)49)22-33-46(38,24-58-33)62-27(3)50/h7-21,31-33,35,37-38,40,52,57H,22-24H2,1-6H3,(H,48,54). The molecule has 3 aromatic carbocycles. The largest absolute Gasteiger partial charge is 0.461 e. The number of ether oxygens (including phenoxy) is 5. The molecule has 326 valence electrons. The van der Waals surface area contributed by atoms with Crippen LogP contribution in [-0.4, -0.2) is 99.9 Å². The smallest absolute Gasteiger partial charge is 0.338 e. The minimum absolute atomic E-state index is 0.0497. The molecule has 7 rings (SSSR count). The van der Waals surface area contributed by atoms with Crippen LogP contribution in [-0.2, 0) is 47.7 Å². The average Bonchev–Trinajstić information content (AvgIpc) is 3.24. The third kappa shape index (κ3) is 7.21. The van der Waals surface area contributed by atoms with E-state index in [1.807, 2.05) is 0 Å². The van der Waals surface area contributed by atoms with Crippen molar-refractivity contribution < 1.29 is 67.5 Å². The number of esters is 4. The molecular weight excluding hydrogens is 803 g/mol. The average molecular weight is 852 g/mol. The third-order valence-corrected chi connectivity index (χ3v) is 13.3. The van der Waals surface area contributed by atoms with Crippen LogP contribution < -0.4 is 5.32 Å². The number of carbonyl (C=O) groups excluding carboxylic acids is 7. The van der Waals surface area contributed by atoms with Gasteiger partial charge >= 0.3 is 23.9 Å². The lowest BCUT2D eigenvalue weighted by atomic mass is 9.45. The van der Waals surface area contributed by atoms with Crippen molar-refractivity contribution in [3.8, 4) is 0 Å². The molecule has 3 N–H and O–H groups in total. The van der Waals surface area contributed by atoms with Crippen molar-refractivity contribution in [2.24, 2.45) is 16.7 Å². The minimum Gasteiger partial charge on any atom is -0.461 e. The summed E-state index contributed by atoms with van der Waals surface area (Å²) in [5, 5.41) is 28.0. The Morgan fingerprint density at radius 3 is 1.94 bits per heavy atom. The summed E-state index contributed by atoms with van der Waals surface area (Å²) in [7, 11) is 0. The van der Waals surface area contributed by atoms with Gasteiger partial charge in [0.15, 0.2) is 11.7 Å². The molecule has 1 amide bonds. The van der Waals surface area contributed by atoms with Gasteiger partial charge in [-0.3, -0.25) is 24.0 Å². The second-order valence-electron chi connectivity index (χ2n) is 17.2. The summed E-state index contributed by atoms with van der Waals surface area (Å²) >= 11 is 0. The third-order valence-electron chi connectivity index (χ3n) is 13.3. The van der Waals surface area contributed by atoms with Crippen molar-refractivity contribution in [3.05, 3.63) is 119 Å². The van der Waals surface area contributed by atoms with E-state index in [0.29, 0.717) is 5.56 Å². The number of hydrogen-bond donors (Lipinski definition) is 3. The Balaban J connectivity index is 1.37. The van der Waals surface area contributed by atoms with Crippen LogP contribution in [0.5, 0.6) is 0 Å². The predicted molar refractivity (Wildman–Crippen MR) is 217 cm³/mol. The number of aliphatic hydroxyl groups excluding tert-OH is 1. The zero-order valence-electron chi connectivity index (χ0n) is 35.1. The maximum atomic E-state index is 15.2. The number of Topliss-reactive ketones (excluding diaryl/α,β-unsaturated/α-hetero) is 2. The summed E-state index contributed by atoms with van der Waals surface area (Å²) in [6.07, 6.45) is -8.69. The van der Waals surface area contributed by atoms with Gasteiger partial charge in [0.1, 0.15) is 30.0 Å². The fourth-order valence-electron chi connectivity index (χ4n) is 10.1. The number of nitrogens with one attached hydrogen (secondary N) is 1. The Kier molecular flexibility index (Phi) is 11.6. The van der Waals surface area contributed by atoms with Crippen LogP contribution in [0, 0.1) is 16.7 Å². The fraction of sp³-hybridized carbons (Fsp3) is 0.426. The monoisotopic (exact) mass is 851 g/mol. The first kappa shape index (κ1) is 44.0. The molecular formula is C47H49NO14. The SMILES string of the molecule is CC(=O)OC1CC2OCC2(OC(C)=O)C2C(OC(=O)c3ccccc3)C3(O)CC(OC(=O)C(O)C(NC(=O)c4ccccc4)c4ccccc4)C(C)=C(C(=O)C(=O)C12C)C3(C)C. The number of carbonyl (C=O) groups is 7. The van der Waals surface area contributed by atoms with Crippen LogP contribution in [0.2, 0.25) is 0 Å². The lowest BCUT2D eigenvalue weighted by Crippen LogP contribution is -2.81. The molecule has 3 aliphatic carbocycles. The zero-order valence-corrected chi connectivity index (χ0v) is 35.1. The van der Waals surface area contributed by atoms with Crippen LogP contribution in [0.1, 0.15) is 86.7 Å². The number of aliphatic hydroxyl groups is 2. The van der Waals surface area contributed by atoms with Crippen molar-refractivity contribution in [1.82, 2.24) is 5.32 Å². The van der Waals surface area contributed by atoms with Crippen LogP contribution in [0.15, 0.2) is 102 Å². The number of ketones is 2. The van der Waals surface area contributed by atoms with Crippen molar-refractivity contribution in [2.45, 2.75) is 102 Å². The van der Waals surface area contributed by atoms with Crippen LogP contribution in [0.25, 0.3) is 0 Å². The highest BCUT2D eigenvalue weighted by molar-refractivity contribution is 6.46. The summed E-state index contributed by atoms with van der Waals surface area (Å²) in [5.74, 6) is -8.25. The van der Waals surface area contributed by atoms with Crippen molar-refractivity contribution in [1.29, 1.82) is 0 Å². The first-order valence-electron chi connectivity index (χ1n) is 20.3. The molecule has 1 aliphatic heterocycles. The molecule has 1 saturated heterocycles. The maximum absolute atomic E-state index is 15.2. The van der Waals surface area contributed by atoms with Crippen molar-refractivity contribution >= 4 is 41.4 Å². The normalized spacial score (nSPS) is 30.7. The maximum Gasteiger partial charge on any atom is 0.338 e. The van der Waals surface area contributed by atoms with E-state index in [0.717, 1.165) is 13.8 Å². The van der Waals surface area contributed by atoms with Gasteiger partial charge in [0.25, 0.3) is 5.91 Å². The number of benzene rings is 3. The van der Waals surface area contributed by atoms with E-state index in [4.69, 9.17) is 23.7 Å². The van der Waals surface area contributed by atoms with Gasteiger partial charge < -0.3 is 39.2 Å². The van der Waals surface area contributed by atoms with Gasteiger partial charge in [-0.2, -0.15) is 0 Å². The quantitative estimate of drug-likeness (QED) is 0.150. The molecule has 0 radical (unpaired) electrons. The Labute approximate surface area is 357 Å². The summed E-state index contributed by atoms with van der Waals surface area (Å²) < 4.78 is 30.1. The molecule has 3 fully saturated rings. The molecule has 2 bridgehead atoms. The van der Waals surface area contributed by atoms with E-state index >= 15 is 9.59 Å². The van der Waals surface area contributed by atoms with E-state index < -0.39 is 112 Å². The Morgan fingerprint density at radius 2 is 1.39 bits per heavy atom. The lowest BCUT2D eigenvalue weighted by molar-refractivity contribution is -0.344. The highest BCUT2D eigenvalue weighted by Crippen LogP contribution is 2.64. The van der Waals surface area contributed by atoms with Crippen LogP contribution >= 0.6 is 0 Å². The van der Waals surface area contributed by atoms with Crippen molar-refractivity contribution in [3.63, 3.8) is 0 Å². The zero-order chi connectivity index (χ0) is 44.9. The van der Waals surface area contributed by atoms with Gasteiger partial charge in [0.05, 0.1) is 29.5 Å². The molecule has 10 atom stereocenters. The first-order valence-corrected chi connectivity index (χ1v) is 20.3. The van der Waals surface area contributed by atoms with Gasteiger partial charge in [-0.15, -0.1) is 0 Å². The highest BCUT2D eigenvalue weighted by Gasteiger charge is 2.79. The predicted octanol–water partition coefficient (Wildman–Crippen LogP) is 3.94. The van der Waals surface area contributed by atoms with Gasteiger partial charge in [0.2, 0.25) is 11.6 Å². The molecule has 0 spiro atoms. The van der Waals surface area contributed by atoms with Crippen molar-refractivity contribution in [2.75, 3.05) is 6.61 Å². The Bertz CT molecular complexity index is 2330. The van der Waals surface area contributed by atoms with Crippen LogP contribution in [0.3, 0.4) is 0 Å². The van der Waals surface area contributed by atoms with E-state index in [1.165, 1.54) is 39.8 Å². The molecule has 10 unspecified atom stereocenters. The molecule has 0 aromatic heterocycles. The first-order chi connectivity index (χ1) is 29.3. The lowest BCUT2D eigenvalue weighted by Gasteiger charge is -2.66. The van der Waals surface area contributed by atoms with Gasteiger partial charge in [-0.25, -0.2) is 9.59 Å².